The number of aryl methyl sites for hydroxylation is 1. The standard InChI is InChI=1S/C47H28N2S2/c1-27-43(49-45-35-18-5-3-14-29(35)28-13-2-4-17-34(28)44(45)48-27)42-32(38-23-11-21-36-30-15-6-8-25-40(30)50-46(36)38)19-10-20-33(42)39-24-12-22-37-31-16-7-9-26-41(31)51-47(37)39/h2-26H,1H3. The van der Waals surface area contributed by atoms with Crippen molar-refractivity contribution in [2.24, 2.45) is 0 Å². The summed E-state index contributed by atoms with van der Waals surface area (Å²) >= 11 is 3.74. The lowest BCUT2D eigenvalue weighted by atomic mass is 9.88. The van der Waals surface area contributed by atoms with Crippen molar-refractivity contribution >= 4 is 95.6 Å². The van der Waals surface area contributed by atoms with Gasteiger partial charge in [0.2, 0.25) is 0 Å². The first-order valence-corrected chi connectivity index (χ1v) is 18.9. The number of thiophene rings is 2. The molecule has 0 bridgehead atoms. The van der Waals surface area contributed by atoms with Crippen LogP contribution in [0.3, 0.4) is 0 Å². The summed E-state index contributed by atoms with van der Waals surface area (Å²) in [4.78, 5) is 11.1. The number of nitrogens with zero attached hydrogens (tertiary/aromatic N) is 2. The summed E-state index contributed by atoms with van der Waals surface area (Å²) in [6.07, 6.45) is 0. The summed E-state index contributed by atoms with van der Waals surface area (Å²) in [5, 5.41) is 9.83. The molecule has 0 aliphatic carbocycles. The molecule has 3 heterocycles. The van der Waals surface area contributed by atoms with E-state index in [0.717, 1.165) is 38.8 Å². The minimum absolute atomic E-state index is 0.920. The first kappa shape index (κ1) is 28.9. The molecular weight excluding hydrogens is 657 g/mol. The van der Waals surface area contributed by atoms with E-state index in [1.807, 2.05) is 22.7 Å². The SMILES string of the molecule is Cc1nc2c3ccccc3c3ccccc3c2nc1-c1c(-c2cccc3c2sc2ccccc23)cccc1-c1cccc2c1sc1ccccc12. The van der Waals surface area contributed by atoms with E-state index < -0.39 is 0 Å². The number of fused-ring (bicyclic) bond motifs is 12. The van der Waals surface area contributed by atoms with Crippen molar-refractivity contribution in [1.29, 1.82) is 0 Å². The van der Waals surface area contributed by atoms with E-state index in [2.05, 4.69) is 159 Å². The van der Waals surface area contributed by atoms with Gasteiger partial charge in [-0.1, -0.05) is 140 Å². The summed E-state index contributed by atoms with van der Waals surface area (Å²) in [7, 11) is 0. The van der Waals surface area contributed by atoms with Crippen molar-refractivity contribution in [2.45, 2.75) is 6.92 Å². The first-order valence-electron chi connectivity index (χ1n) is 17.3. The minimum atomic E-state index is 0.920. The quantitative estimate of drug-likeness (QED) is 0.173. The molecule has 11 aromatic rings. The van der Waals surface area contributed by atoms with Crippen LogP contribution in [0, 0.1) is 6.92 Å². The molecule has 0 aliphatic heterocycles. The topological polar surface area (TPSA) is 25.8 Å². The molecule has 0 saturated carbocycles. The number of benzene rings is 8. The van der Waals surface area contributed by atoms with Crippen molar-refractivity contribution in [3.63, 3.8) is 0 Å². The molecule has 0 aliphatic rings. The third-order valence-electron chi connectivity index (χ3n) is 10.4. The Kier molecular flexibility index (Phi) is 6.24. The maximum Gasteiger partial charge on any atom is 0.0979 e. The van der Waals surface area contributed by atoms with E-state index in [9.17, 15) is 0 Å². The third-order valence-corrected chi connectivity index (χ3v) is 12.9. The predicted octanol–water partition coefficient (Wildman–Crippen LogP) is 14.0. The van der Waals surface area contributed by atoms with E-state index in [0.29, 0.717) is 0 Å². The molecule has 11 rings (SSSR count). The van der Waals surface area contributed by atoms with Crippen molar-refractivity contribution in [2.75, 3.05) is 0 Å². The van der Waals surface area contributed by atoms with Gasteiger partial charge in [-0.3, -0.25) is 0 Å². The van der Waals surface area contributed by atoms with E-state index in [1.54, 1.807) is 0 Å². The Labute approximate surface area is 301 Å². The van der Waals surface area contributed by atoms with Crippen LogP contribution in [0.2, 0.25) is 0 Å². The first-order chi connectivity index (χ1) is 25.2. The molecule has 0 radical (unpaired) electrons. The van der Waals surface area contributed by atoms with Gasteiger partial charge in [0.1, 0.15) is 0 Å². The van der Waals surface area contributed by atoms with Gasteiger partial charge in [-0.05, 0) is 41.0 Å². The highest BCUT2D eigenvalue weighted by Gasteiger charge is 2.23. The Bertz CT molecular complexity index is 3090. The highest BCUT2D eigenvalue weighted by atomic mass is 32.1. The van der Waals surface area contributed by atoms with Crippen molar-refractivity contribution in [3.05, 3.63) is 157 Å². The molecule has 3 aromatic heterocycles. The van der Waals surface area contributed by atoms with Gasteiger partial charge in [-0.25, -0.2) is 9.97 Å². The lowest BCUT2D eigenvalue weighted by Gasteiger charge is -2.19. The molecule has 0 amide bonds. The maximum atomic E-state index is 5.69. The Morgan fingerprint density at radius 3 is 1.27 bits per heavy atom. The van der Waals surface area contributed by atoms with Gasteiger partial charge in [0.25, 0.3) is 0 Å². The Morgan fingerprint density at radius 1 is 0.353 bits per heavy atom. The molecule has 0 N–H and O–H groups in total. The van der Waals surface area contributed by atoms with E-state index in [1.165, 1.54) is 73.4 Å². The largest absolute Gasteiger partial charge is 0.249 e. The van der Waals surface area contributed by atoms with E-state index in [-0.39, 0.29) is 0 Å². The van der Waals surface area contributed by atoms with Crippen LogP contribution in [0.15, 0.2) is 152 Å². The van der Waals surface area contributed by atoms with Crippen LogP contribution in [0.5, 0.6) is 0 Å². The van der Waals surface area contributed by atoms with Gasteiger partial charge >= 0.3 is 0 Å². The average molecular weight is 685 g/mol. The Balaban J connectivity index is 1.29. The van der Waals surface area contributed by atoms with Crippen LogP contribution < -0.4 is 0 Å². The Morgan fingerprint density at radius 2 is 0.745 bits per heavy atom. The molecule has 0 saturated heterocycles. The molecule has 2 nitrogen and oxygen atoms in total. The van der Waals surface area contributed by atoms with E-state index >= 15 is 0 Å². The second kappa shape index (κ2) is 11.0. The zero-order chi connectivity index (χ0) is 33.6. The molecule has 51 heavy (non-hydrogen) atoms. The lowest BCUT2D eigenvalue weighted by Crippen LogP contribution is -2.00. The second-order valence-electron chi connectivity index (χ2n) is 13.2. The van der Waals surface area contributed by atoms with Crippen molar-refractivity contribution in [1.82, 2.24) is 9.97 Å². The molecule has 0 fully saturated rings. The van der Waals surface area contributed by atoms with Crippen LogP contribution in [-0.2, 0) is 0 Å². The summed E-state index contributed by atoms with van der Waals surface area (Å²) in [5.41, 5.74) is 9.63. The smallest absolute Gasteiger partial charge is 0.0979 e. The zero-order valence-electron chi connectivity index (χ0n) is 27.6. The van der Waals surface area contributed by atoms with Gasteiger partial charge in [0.15, 0.2) is 0 Å². The summed E-state index contributed by atoms with van der Waals surface area (Å²) in [6.45, 7) is 2.13. The fraction of sp³-hybridized carbons (Fsp3) is 0.0213. The number of aromatic nitrogens is 2. The minimum Gasteiger partial charge on any atom is -0.249 e. The van der Waals surface area contributed by atoms with Gasteiger partial charge in [0, 0.05) is 67.8 Å². The predicted molar refractivity (Wildman–Crippen MR) is 221 cm³/mol. The van der Waals surface area contributed by atoms with E-state index in [4.69, 9.17) is 9.97 Å². The van der Waals surface area contributed by atoms with Crippen LogP contribution in [0.4, 0.5) is 0 Å². The Hall–Kier alpha value is -5.94. The molecule has 0 spiro atoms. The highest BCUT2D eigenvalue weighted by molar-refractivity contribution is 7.26. The van der Waals surface area contributed by atoms with Gasteiger partial charge in [0.05, 0.1) is 22.4 Å². The third kappa shape index (κ3) is 4.21. The maximum absolute atomic E-state index is 5.69. The molecular formula is C47H28N2S2. The summed E-state index contributed by atoms with van der Waals surface area (Å²) in [6, 6.07) is 55.0. The molecule has 0 unspecified atom stereocenters. The van der Waals surface area contributed by atoms with Crippen molar-refractivity contribution < 1.29 is 0 Å². The zero-order valence-corrected chi connectivity index (χ0v) is 29.3. The van der Waals surface area contributed by atoms with Crippen LogP contribution in [0.25, 0.3) is 106 Å². The average Bonchev–Trinajstić information content (AvgIpc) is 3.76. The molecule has 0 atom stereocenters. The lowest BCUT2D eigenvalue weighted by molar-refractivity contribution is 1.20. The summed E-state index contributed by atoms with van der Waals surface area (Å²) in [5.74, 6) is 0. The number of hydrogen-bond acceptors (Lipinski definition) is 4. The normalized spacial score (nSPS) is 12.0. The number of hydrogen-bond donors (Lipinski definition) is 0. The fourth-order valence-electron chi connectivity index (χ4n) is 8.16. The molecule has 8 aromatic carbocycles. The highest BCUT2D eigenvalue weighted by Crippen LogP contribution is 2.49. The molecule has 4 heteroatoms. The van der Waals surface area contributed by atoms with Crippen LogP contribution in [-0.4, -0.2) is 9.97 Å². The fourth-order valence-corrected chi connectivity index (χ4v) is 10.6. The van der Waals surface area contributed by atoms with Crippen LogP contribution >= 0.6 is 22.7 Å². The molecule has 238 valence electrons. The number of rotatable bonds is 3. The second-order valence-corrected chi connectivity index (χ2v) is 15.3. The van der Waals surface area contributed by atoms with Crippen molar-refractivity contribution in [3.8, 4) is 33.5 Å². The monoisotopic (exact) mass is 684 g/mol. The van der Waals surface area contributed by atoms with Gasteiger partial charge in [-0.15, -0.1) is 22.7 Å². The van der Waals surface area contributed by atoms with Gasteiger partial charge in [-0.2, -0.15) is 0 Å². The summed E-state index contributed by atoms with van der Waals surface area (Å²) < 4.78 is 5.18. The van der Waals surface area contributed by atoms with Crippen LogP contribution in [0.1, 0.15) is 5.69 Å². The van der Waals surface area contributed by atoms with Gasteiger partial charge < -0.3 is 0 Å².